The standard InChI is InChI=1S/C25H23N3O5/c1-14(20-13-27(16(3)25(32)33-4)21-8-6-5-7-19(20)21)22-15(2)26-28(23(22)29)18-11-9-17(10-12-18)24(30)31/h5-13,16H,1-4H3,(H,30,31)/b22-14-. The van der Waals surface area contributed by atoms with Crippen molar-refractivity contribution in [1.82, 2.24) is 4.57 Å². The number of rotatable bonds is 5. The van der Waals surface area contributed by atoms with Crippen LogP contribution < -0.4 is 5.01 Å². The van der Waals surface area contributed by atoms with E-state index in [2.05, 4.69) is 5.10 Å². The lowest BCUT2D eigenvalue weighted by Gasteiger charge is -2.13. The summed E-state index contributed by atoms with van der Waals surface area (Å²) >= 11 is 0. The summed E-state index contributed by atoms with van der Waals surface area (Å²) in [6, 6.07) is 13.1. The molecule has 8 heteroatoms. The first-order valence-corrected chi connectivity index (χ1v) is 10.4. The number of benzene rings is 2. The van der Waals surface area contributed by atoms with Crippen LogP contribution in [0, 0.1) is 0 Å². The molecule has 0 spiro atoms. The summed E-state index contributed by atoms with van der Waals surface area (Å²) < 4.78 is 6.76. The topological polar surface area (TPSA) is 101 Å². The van der Waals surface area contributed by atoms with Crippen molar-refractivity contribution in [3.63, 3.8) is 0 Å². The smallest absolute Gasteiger partial charge is 0.335 e. The number of nitrogens with zero attached hydrogens (tertiary/aromatic N) is 3. The minimum absolute atomic E-state index is 0.130. The molecule has 4 rings (SSSR count). The summed E-state index contributed by atoms with van der Waals surface area (Å²) in [5.74, 6) is -1.70. The molecule has 1 aliphatic heterocycles. The highest BCUT2D eigenvalue weighted by Gasteiger charge is 2.32. The molecule has 1 atom stereocenters. The molecule has 8 nitrogen and oxygen atoms in total. The third kappa shape index (κ3) is 3.69. The van der Waals surface area contributed by atoms with Gasteiger partial charge in [-0.15, -0.1) is 0 Å². The molecule has 2 aromatic carbocycles. The van der Waals surface area contributed by atoms with E-state index in [-0.39, 0.29) is 17.4 Å². The van der Waals surface area contributed by atoms with Crippen molar-refractivity contribution < 1.29 is 24.2 Å². The number of carboxylic acids is 1. The molecule has 0 saturated heterocycles. The number of hydrogen-bond acceptors (Lipinski definition) is 5. The molecular weight excluding hydrogens is 422 g/mol. The summed E-state index contributed by atoms with van der Waals surface area (Å²) in [6.07, 6.45) is 1.86. The number of allylic oxidation sites excluding steroid dienone is 1. The summed E-state index contributed by atoms with van der Waals surface area (Å²) in [5.41, 5.74) is 4.04. The normalized spacial score (nSPS) is 16.1. The average molecular weight is 445 g/mol. The molecule has 0 aliphatic carbocycles. The maximum atomic E-state index is 13.3. The molecule has 1 unspecified atom stereocenters. The van der Waals surface area contributed by atoms with Gasteiger partial charge in [-0.3, -0.25) is 4.79 Å². The lowest BCUT2D eigenvalue weighted by molar-refractivity contribution is -0.143. The Balaban J connectivity index is 1.79. The van der Waals surface area contributed by atoms with Crippen molar-refractivity contribution in [2.24, 2.45) is 5.10 Å². The van der Waals surface area contributed by atoms with Gasteiger partial charge >= 0.3 is 11.9 Å². The first-order valence-electron chi connectivity index (χ1n) is 10.4. The number of carbonyl (C=O) groups excluding carboxylic acids is 2. The Kier molecular flexibility index (Phi) is 5.59. The Labute approximate surface area is 190 Å². The third-order valence-corrected chi connectivity index (χ3v) is 5.86. The van der Waals surface area contributed by atoms with Gasteiger partial charge in [0, 0.05) is 22.7 Å². The molecule has 0 fully saturated rings. The van der Waals surface area contributed by atoms with Gasteiger partial charge in [0.2, 0.25) is 0 Å². The number of carbonyl (C=O) groups is 3. The lowest BCUT2D eigenvalue weighted by Crippen LogP contribution is -2.22. The highest BCUT2D eigenvalue weighted by Crippen LogP contribution is 2.34. The molecule has 168 valence electrons. The molecule has 0 bridgehead atoms. The lowest BCUT2D eigenvalue weighted by atomic mass is 9.98. The average Bonchev–Trinajstić information content (AvgIpc) is 3.35. The maximum Gasteiger partial charge on any atom is 0.335 e. The van der Waals surface area contributed by atoms with E-state index in [0.717, 1.165) is 22.0 Å². The van der Waals surface area contributed by atoms with Crippen molar-refractivity contribution in [3.05, 3.63) is 71.4 Å². The van der Waals surface area contributed by atoms with Crippen LogP contribution in [-0.2, 0) is 14.3 Å². The zero-order valence-corrected chi connectivity index (χ0v) is 18.7. The molecule has 1 aromatic heterocycles. The van der Waals surface area contributed by atoms with Gasteiger partial charge in [-0.25, -0.2) is 9.59 Å². The number of aromatic carboxylic acids is 1. The zero-order valence-electron chi connectivity index (χ0n) is 18.7. The van der Waals surface area contributed by atoms with E-state index < -0.39 is 12.0 Å². The fourth-order valence-electron chi connectivity index (χ4n) is 4.10. The van der Waals surface area contributed by atoms with E-state index in [1.54, 1.807) is 26.0 Å². The molecule has 1 aliphatic rings. The van der Waals surface area contributed by atoms with Gasteiger partial charge in [-0.1, -0.05) is 18.2 Å². The minimum Gasteiger partial charge on any atom is -0.478 e. The quantitative estimate of drug-likeness (QED) is 0.467. The van der Waals surface area contributed by atoms with Crippen LogP contribution in [0.2, 0.25) is 0 Å². The van der Waals surface area contributed by atoms with Gasteiger partial charge in [0.1, 0.15) is 6.04 Å². The van der Waals surface area contributed by atoms with E-state index >= 15 is 0 Å². The van der Waals surface area contributed by atoms with E-state index in [9.17, 15) is 14.4 Å². The van der Waals surface area contributed by atoms with Crippen LogP contribution in [0.5, 0.6) is 0 Å². The molecule has 2 heterocycles. The number of methoxy groups -OCH3 is 1. The number of amides is 1. The molecule has 1 N–H and O–H groups in total. The second-order valence-corrected chi connectivity index (χ2v) is 7.82. The van der Waals surface area contributed by atoms with Gasteiger partial charge in [-0.2, -0.15) is 10.1 Å². The van der Waals surface area contributed by atoms with Gasteiger partial charge in [0.25, 0.3) is 5.91 Å². The van der Waals surface area contributed by atoms with Crippen molar-refractivity contribution >= 4 is 45.7 Å². The Morgan fingerprint density at radius 3 is 2.39 bits per heavy atom. The number of fused-ring (bicyclic) bond motifs is 1. The zero-order chi connectivity index (χ0) is 23.9. The van der Waals surface area contributed by atoms with Crippen LogP contribution in [0.15, 0.2) is 65.4 Å². The molecule has 1 amide bonds. The number of hydrazone groups is 1. The fourth-order valence-corrected chi connectivity index (χ4v) is 4.10. The first-order chi connectivity index (χ1) is 15.7. The minimum atomic E-state index is -1.04. The summed E-state index contributed by atoms with van der Waals surface area (Å²) in [5, 5.41) is 15.7. The SMILES string of the molecule is COC(=O)C(C)n1cc(/C(C)=C2\C(=O)N(c3ccc(C(=O)O)cc3)N=C2C)c2ccccc21. The van der Waals surface area contributed by atoms with Crippen molar-refractivity contribution in [1.29, 1.82) is 0 Å². The summed E-state index contributed by atoms with van der Waals surface area (Å²) in [4.78, 5) is 36.6. The maximum absolute atomic E-state index is 13.3. The molecule has 33 heavy (non-hydrogen) atoms. The summed E-state index contributed by atoms with van der Waals surface area (Å²) in [7, 11) is 1.35. The van der Waals surface area contributed by atoms with Crippen LogP contribution in [-0.4, -0.2) is 40.3 Å². The van der Waals surface area contributed by atoms with Gasteiger partial charge in [0.15, 0.2) is 0 Å². The summed E-state index contributed by atoms with van der Waals surface area (Å²) in [6.45, 7) is 5.39. The van der Waals surface area contributed by atoms with Gasteiger partial charge in [-0.05, 0) is 56.7 Å². The van der Waals surface area contributed by atoms with Crippen LogP contribution in [0.25, 0.3) is 16.5 Å². The number of carboxylic acid groups (broad SMARTS) is 1. The van der Waals surface area contributed by atoms with Crippen LogP contribution in [0.1, 0.15) is 42.7 Å². The van der Waals surface area contributed by atoms with E-state index in [1.165, 1.54) is 24.3 Å². The van der Waals surface area contributed by atoms with Crippen LogP contribution in [0.4, 0.5) is 5.69 Å². The Morgan fingerprint density at radius 2 is 1.76 bits per heavy atom. The second-order valence-electron chi connectivity index (χ2n) is 7.82. The third-order valence-electron chi connectivity index (χ3n) is 5.86. The Hall–Kier alpha value is -4.20. The van der Waals surface area contributed by atoms with Crippen molar-refractivity contribution in [2.45, 2.75) is 26.8 Å². The largest absolute Gasteiger partial charge is 0.478 e. The molecule has 3 aromatic rings. The highest BCUT2D eigenvalue weighted by molar-refractivity contribution is 6.33. The van der Waals surface area contributed by atoms with E-state index in [4.69, 9.17) is 9.84 Å². The van der Waals surface area contributed by atoms with E-state index in [0.29, 0.717) is 17.0 Å². The number of anilines is 1. The number of esters is 1. The predicted molar refractivity (Wildman–Crippen MR) is 125 cm³/mol. The molecular formula is C25H23N3O5. The van der Waals surface area contributed by atoms with Gasteiger partial charge in [0.05, 0.1) is 29.6 Å². The monoisotopic (exact) mass is 445 g/mol. The van der Waals surface area contributed by atoms with Crippen LogP contribution in [0.3, 0.4) is 0 Å². The Morgan fingerprint density at radius 1 is 1.09 bits per heavy atom. The highest BCUT2D eigenvalue weighted by atomic mass is 16.5. The fraction of sp³-hybridized carbons (Fsp3) is 0.200. The second kappa shape index (κ2) is 8.38. The van der Waals surface area contributed by atoms with Crippen molar-refractivity contribution in [2.75, 3.05) is 12.1 Å². The number of ether oxygens (including phenoxy) is 1. The number of hydrogen-bond donors (Lipinski definition) is 1. The molecule has 0 radical (unpaired) electrons. The first kappa shape index (κ1) is 22.0. The van der Waals surface area contributed by atoms with Crippen LogP contribution >= 0.6 is 0 Å². The van der Waals surface area contributed by atoms with E-state index in [1.807, 2.05) is 42.0 Å². The van der Waals surface area contributed by atoms with Gasteiger partial charge < -0.3 is 14.4 Å². The predicted octanol–water partition coefficient (Wildman–Crippen LogP) is 4.27. The molecule has 0 saturated carbocycles. The Bertz CT molecular complexity index is 1350. The van der Waals surface area contributed by atoms with Crippen molar-refractivity contribution in [3.8, 4) is 0 Å². The number of aromatic nitrogens is 1. The number of para-hydroxylation sites is 1.